The van der Waals surface area contributed by atoms with Crippen molar-refractivity contribution in [2.24, 2.45) is 0 Å². The van der Waals surface area contributed by atoms with Gasteiger partial charge in [-0.05, 0) is 32.4 Å². The Bertz CT molecular complexity index is 450. The second-order valence-corrected chi connectivity index (χ2v) is 5.77. The Morgan fingerprint density at radius 1 is 1.43 bits per heavy atom. The first-order valence-corrected chi connectivity index (χ1v) is 8.08. The van der Waals surface area contributed by atoms with E-state index in [1.54, 1.807) is 0 Å². The predicted molar refractivity (Wildman–Crippen MR) is 87.1 cm³/mol. The van der Waals surface area contributed by atoms with Crippen LogP contribution in [0.2, 0.25) is 0 Å². The van der Waals surface area contributed by atoms with Gasteiger partial charge in [-0.1, -0.05) is 19.9 Å². The summed E-state index contributed by atoms with van der Waals surface area (Å²) in [6, 6.07) is 6.20. The molecule has 1 aromatic carbocycles. The Balaban J connectivity index is 2.07. The zero-order valence-corrected chi connectivity index (χ0v) is 13.4. The van der Waals surface area contributed by atoms with Crippen molar-refractivity contribution in [3.8, 4) is 5.75 Å². The molecule has 1 heterocycles. The molecule has 4 nitrogen and oxygen atoms in total. The summed E-state index contributed by atoms with van der Waals surface area (Å²) in [5.74, 6) is 0.378. The number of phenols is 1. The number of hydrogen-bond donors (Lipinski definition) is 2. The van der Waals surface area contributed by atoms with Crippen LogP contribution in [0.4, 0.5) is 5.69 Å². The van der Waals surface area contributed by atoms with E-state index in [1.165, 1.54) is 0 Å². The van der Waals surface area contributed by atoms with Crippen LogP contribution in [0.3, 0.4) is 0 Å². The molecule has 0 bridgehead atoms. The fourth-order valence-electron chi connectivity index (χ4n) is 2.77. The molecule has 0 aromatic heterocycles. The number of phenolic OH excluding ortho intramolecular Hbond substituents is 1. The zero-order valence-electron chi connectivity index (χ0n) is 13.4. The summed E-state index contributed by atoms with van der Waals surface area (Å²) in [5, 5.41) is 13.7. The maximum atomic E-state index is 10.3. The summed E-state index contributed by atoms with van der Waals surface area (Å²) in [6.45, 7) is 9.89. The van der Waals surface area contributed by atoms with Gasteiger partial charge in [0.25, 0.3) is 0 Å². The molecule has 4 heteroatoms. The number of rotatable bonds is 6. The van der Waals surface area contributed by atoms with Crippen LogP contribution in [0.1, 0.15) is 45.2 Å². The normalized spacial score (nSPS) is 20.5. The summed E-state index contributed by atoms with van der Waals surface area (Å²) in [6.07, 6.45) is 2.42. The molecule has 0 amide bonds. The van der Waals surface area contributed by atoms with Crippen molar-refractivity contribution in [2.45, 2.75) is 45.8 Å². The van der Waals surface area contributed by atoms with Crippen LogP contribution >= 0.6 is 0 Å². The largest absolute Gasteiger partial charge is 0.508 e. The Kier molecular flexibility index (Phi) is 5.88. The molecule has 118 valence electrons. The lowest BCUT2D eigenvalue weighted by Crippen LogP contribution is -2.42. The molecule has 1 aliphatic heterocycles. The number of anilines is 1. The molecule has 1 saturated heterocycles. The molecule has 0 saturated carbocycles. The van der Waals surface area contributed by atoms with Gasteiger partial charge in [0.15, 0.2) is 0 Å². The molecular formula is C17H28N2O2. The van der Waals surface area contributed by atoms with Crippen LogP contribution in [0.5, 0.6) is 5.75 Å². The van der Waals surface area contributed by atoms with Crippen LogP contribution in [0.25, 0.3) is 0 Å². The third kappa shape index (κ3) is 4.11. The van der Waals surface area contributed by atoms with Gasteiger partial charge >= 0.3 is 0 Å². The molecule has 2 atom stereocenters. The van der Waals surface area contributed by atoms with E-state index in [9.17, 15) is 5.11 Å². The lowest BCUT2D eigenvalue weighted by molar-refractivity contribution is 0.0384. The van der Waals surface area contributed by atoms with Gasteiger partial charge in [-0.15, -0.1) is 0 Å². The van der Waals surface area contributed by atoms with Gasteiger partial charge in [-0.2, -0.15) is 0 Å². The molecule has 1 aliphatic rings. The van der Waals surface area contributed by atoms with E-state index in [2.05, 4.69) is 37.1 Å². The van der Waals surface area contributed by atoms with Gasteiger partial charge in [0.05, 0.1) is 12.7 Å². The van der Waals surface area contributed by atoms with Crippen LogP contribution in [0.15, 0.2) is 18.2 Å². The quantitative estimate of drug-likeness (QED) is 0.846. The van der Waals surface area contributed by atoms with E-state index in [1.807, 2.05) is 12.1 Å². The molecule has 2 rings (SSSR count). The number of nitrogens with one attached hydrogen (secondary N) is 1. The van der Waals surface area contributed by atoms with Crippen molar-refractivity contribution in [1.29, 1.82) is 0 Å². The first-order valence-electron chi connectivity index (χ1n) is 8.08. The number of hydrogen-bond acceptors (Lipinski definition) is 4. The number of nitrogens with zero attached hydrogens (tertiary/aromatic N) is 1. The first-order chi connectivity index (χ1) is 10.2. The van der Waals surface area contributed by atoms with E-state index in [4.69, 9.17) is 4.74 Å². The van der Waals surface area contributed by atoms with E-state index < -0.39 is 0 Å². The van der Waals surface area contributed by atoms with Crippen molar-refractivity contribution >= 4 is 5.69 Å². The third-order valence-corrected chi connectivity index (χ3v) is 4.14. The maximum absolute atomic E-state index is 10.3. The average Bonchev–Trinajstić information content (AvgIpc) is 2.52. The van der Waals surface area contributed by atoms with Crippen LogP contribution in [-0.2, 0) is 4.74 Å². The Labute approximate surface area is 128 Å². The second-order valence-electron chi connectivity index (χ2n) is 5.77. The molecule has 21 heavy (non-hydrogen) atoms. The summed E-state index contributed by atoms with van der Waals surface area (Å²) in [4.78, 5) is 2.30. The first kappa shape index (κ1) is 16.1. The SMILES string of the molecule is CCCNC(C)c1ccc(N2CCOC(CC)C2)cc1O. The second kappa shape index (κ2) is 7.66. The highest BCUT2D eigenvalue weighted by Gasteiger charge is 2.20. The van der Waals surface area contributed by atoms with E-state index in [0.717, 1.165) is 50.3 Å². The predicted octanol–water partition coefficient (Wildman–Crippen LogP) is 3.07. The lowest BCUT2D eigenvalue weighted by Gasteiger charge is -2.34. The van der Waals surface area contributed by atoms with Gasteiger partial charge in [0, 0.05) is 36.4 Å². The minimum Gasteiger partial charge on any atom is -0.508 e. The van der Waals surface area contributed by atoms with Gasteiger partial charge in [-0.25, -0.2) is 0 Å². The van der Waals surface area contributed by atoms with Crippen LogP contribution < -0.4 is 10.2 Å². The fourth-order valence-corrected chi connectivity index (χ4v) is 2.77. The third-order valence-electron chi connectivity index (χ3n) is 4.14. The van der Waals surface area contributed by atoms with Crippen molar-refractivity contribution in [2.75, 3.05) is 31.1 Å². The van der Waals surface area contributed by atoms with E-state index in [0.29, 0.717) is 11.9 Å². The Morgan fingerprint density at radius 2 is 2.24 bits per heavy atom. The minimum absolute atomic E-state index is 0.173. The molecule has 2 N–H and O–H groups in total. The summed E-state index contributed by atoms with van der Waals surface area (Å²) in [5.41, 5.74) is 2.05. The van der Waals surface area contributed by atoms with Gasteiger partial charge in [0.1, 0.15) is 5.75 Å². The average molecular weight is 292 g/mol. The molecule has 0 radical (unpaired) electrons. The highest BCUT2D eigenvalue weighted by molar-refractivity contribution is 5.54. The van der Waals surface area contributed by atoms with Gasteiger partial charge in [-0.3, -0.25) is 0 Å². The molecule has 2 unspecified atom stereocenters. The van der Waals surface area contributed by atoms with Crippen molar-refractivity contribution in [3.63, 3.8) is 0 Å². The molecule has 1 aromatic rings. The fraction of sp³-hybridized carbons (Fsp3) is 0.647. The Hall–Kier alpha value is -1.26. The number of benzene rings is 1. The highest BCUT2D eigenvalue weighted by Crippen LogP contribution is 2.30. The summed E-state index contributed by atoms with van der Waals surface area (Å²) in [7, 11) is 0. The minimum atomic E-state index is 0.173. The molecule has 1 fully saturated rings. The van der Waals surface area contributed by atoms with Gasteiger partial charge in [0.2, 0.25) is 0 Å². The molecule has 0 aliphatic carbocycles. The van der Waals surface area contributed by atoms with Crippen molar-refractivity contribution < 1.29 is 9.84 Å². The number of ether oxygens (including phenoxy) is 1. The van der Waals surface area contributed by atoms with Gasteiger partial charge < -0.3 is 20.1 Å². The highest BCUT2D eigenvalue weighted by atomic mass is 16.5. The smallest absolute Gasteiger partial charge is 0.122 e. The molecular weight excluding hydrogens is 264 g/mol. The zero-order chi connectivity index (χ0) is 15.2. The van der Waals surface area contributed by atoms with E-state index in [-0.39, 0.29) is 6.04 Å². The van der Waals surface area contributed by atoms with Crippen LogP contribution in [0, 0.1) is 0 Å². The Morgan fingerprint density at radius 3 is 2.90 bits per heavy atom. The van der Waals surface area contributed by atoms with Crippen molar-refractivity contribution in [1.82, 2.24) is 5.32 Å². The summed E-state index contributed by atoms with van der Waals surface area (Å²) < 4.78 is 5.70. The number of aromatic hydroxyl groups is 1. The topological polar surface area (TPSA) is 44.7 Å². The monoisotopic (exact) mass is 292 g/mol. The standard InChI is InChI=1S/C17H28N2O2/c1-4-8-18-13(3)16-7-6-14(11-17(16)20)19-9-10-21-15(5-2)12-19/h6-7,11,13,15,18,20H,4-5,8-10,12H2,1-3H3. The summed E-state index contributed by atoms with van der Waals surface area (Å²) >= 11 is 0. The maximum Gasteiger partial charge on any atom is 0.122 e. The van der Waals surface area contributed by atoms with Crippen molar-refractivity contribution in [3.05, 3.63) is 23.8 Å². The van der Waals surface area contributed by atoms with Crippen LogP contribution in [-0.4, -0.2) is 37.5 Å². The number of morpholine rings is 1. The van der Waals surface area contributed by atoms with E-state index >= 15 is 0 Å². The molecule has 0 spiro atoms. The lowest BCUT2D eigenvalue weighted by atomic mass is 10.1.